The normalized spacial score (nSPS) is 12.1. The molecule has 17 heavy (non-hydrogen) atoms. The van der Waals surface area contributed by atoms with Gasteiger partial charge in [-0.1, -0.05) is 11.6 Å². The fourth-order valence-corrected chi connectivity index (χ4v) is 1.60. The number of aryl methyl sites for hydroxylation is 1. The van der Waals surface area contributed by atoms with E-state index in [0.29, 0.717) is 23.3 Å². The predicted molar refractivity (Wildman–Crippen MR) is 68.2 cm³/mol. The molecular weight excluding hydrogens is 240 g/mol. The van der Waals surface area contributed by atoms with Crippen LogP contribution < -0.4 is 5.32 Å². The topological polar surface area (TPSA) is 58.1 Å². The van der Waals surface area contributed by atoms with Gasteiger partial charge in [0.25, 0.3) is 0 Å². The van der Waals surface area contributed by atoms with Crippen LogP contribution in [0.2, 0.25) is 5.15 Å². The number of nitrogens with zero attached hydrogens (tertiary/aromatic N) is 3. The molecule has 0 spiro atoms. The molecule has 0 saturated carbocycles. The van der Waals surface area contributed by atoms with Gasteiger partial charge in [0.1, 0.15) is 22.8 Å². The first-order chi connectivity index (χ1) is 7.93. The van der Waals surface area contributed by atoms with Gasteiger partial charge in [-0.05, 0) is 20.8 Å². The van der Waals surface area contributed by atoms with Gasteiger partial charge in [0.05, 0.1) is 0 Å². The van der Waals surface area contributed by atoms with E-state index in [2.05, 4.69) is 15.3 Å². The van der Waals surface area contributed by atoms with Crippen LogP contribution in [0.25, 0.3) is 0 Å². The minimum absolute atomic E-state index is 0.0138. The molecule has 0 aliphatic heterocycles. The van der Waals surface area contributed by atoms with Crippen molar-refractivity contribution in [1.82, 2.24) is 14.9 Å². The number of rotatable bonds is 4. The molecule has 0 aliphatic carbocycles. The Morgan fingerprint density at radius 3 is 2.76 bits per heavy atom. The highest BCUT2D eigenvalue weighted by molar-refractivity contribution is 6.29. The van der Waals surface area contributed by atoms with Crippen molar-refractivity contribution < 1.29 is 4.79 Å². The zero-order valence-corrected chi connectivity index (χ0v) is 11.2. The van der Waals surface area contributed by atoms with Crippen LogP contribution in [0.3, 0.4) is 0 Å². The van der Waals surface area contributed by atoms with Crippen molar-refractivity contribution >= 4 is 23.3 Å². The Labute approximate surface area is 106 Å². The first-order valence-electron chi connectivity index (χ1n) is 5.46. The standard InChI is InChI=1S/C11H17ClN4O/c1-5-16(4)11(17)7(2)13-10-6-9(12)14-8(3)15-10/h6-7H,5H2,1-4H3,(H,13,14,15). The summed E-state index contributed by atoms with van der Waals surface area (Å²) in [6.07, 6.45) is 0. The lowest BCUT2D eigenvalue weighted by molar-refractivity contribution is -0.130. The zero-order valence-electron chi connectivity index (χ0n) is 10.5. The van der Waals surface area contributed by atoms with Crippen molar-refractivity contribution in [1.29, 1.82) is 0 Å². The van der Waals surface area contributed by atoms with Crippen molar-refractivity contribution in [3.8, 4) is 0 Å². The quantitative estimate of drug-likeness (QED) is 0.834. The van der Waals surface area contributed by atoms with Crippen LogP contribution in [0.15, 0.2) is 6.07 Å². The third kappa shape index (κ3) is 3.85. The molecular formula is C11H17ClN4O. The Hall–Kier alpha value is -1.36. The van der Waals surface area contributed by atoms with E-state index in [9.17, 15) is 4.79 Å². The fraction of sp³-hybridized carbons (Fsp3) is 0.545. The molecule has 0 aromatic carbocycles. The lowest BCUT2D eigenvalue weighted by Crippen LogP contribution is -2.39. The molecule has 5 nitrogen and oxygen atoms in total. The number of hydrogen-bond acceptors (Lipinski definition) is 4. The molecule has 1 N–H and O–H groups in total. The Balaban J connectivity index is 2.74. The number of aromatic nitrogens is 2. The van der Waals surface area contributed by atoms with Gasteiger partial charge in [0.2, 0.25) is 5.91 Å². The number of halogens is 1. The van der Waals surface area contributed by atoms with Gasteiger partial charge in [-0.3, -0.25) is 4.79 Å². The lowest BCUT2D eigenvalue weighted by atomic mass is 10.3. The molecule has 0 fully saturated rings. The van der Waals surface area contributed by atoms with E-state index in [0.717, 1.165) is 0 Å². The van der Waals surface area contributed by atoms with Crippen LogP contribution in [0.4, 0.5) is 5.82 Å². The lowest BCUT2D eigenvalue weighted by Gasteiger charge is -2.21. The summed E-state index contributed by atoms with van der Waals surface area (Å²) in [7, 11) is 1.76. The molecule has 1 heterocycles. The first-order valence-corrected chi connectivity index (χ1v) is 5.84. The molecule has 0 saturated heterocycles. The zero-order chi connectivity index (χ0) is 13.0. The highest BCUT2D eigenvalue weighted by atomic mass is 35.5. The van der Waals surface area contributed by atoms with Gasteiger partial charge in [0.15, 0.2) is 0 Å². The highest BCUT2D eigenvalue weighted by Crippen LogP contribution is 2.12. The van der Waals surface area contributed by atoms with Gasteiger partial charge in [-0.25, -0.2) is 9.97 Å². The summed E-state index contributed by atoms with van der Waals surface area (Å²) in [5.74, 6) is 1.15. The molecule has 1 atom stereocenters. The van der Waals surface area contributed by atoms with Crippen LogP contribution in [0.5, 0.6) is 0 Å². The number of carbonyl (C=O) groups excluding carboxylic acids is 1. The number of amides is 1. The van der Waals surface area contributed by atoms with E-state index in [1.807, 2.05) is 6.92 Å². The molecule has 6 heteroatoms. The molecule has 0 bridgehead atoms. The van der Waals surface area contributed by atoms with Crippen LogP contribution in [-0.2, 0) is 4.79 Å². The fourth-order valence-electron chi connectivity index (χ4n) is 1.38. The molecule has 1 aromatic heterocycles. The van der Waals surface area contributed by atoms with E-state index >= 15 is 0 Å². The van der Waals surface area contributed by atoms with Crippen molar-refractivity contribution in [3.63, 3.8) is 0 Å². The maximum atomic E-state index is 11.8. The Morgan fingerprint density at radius 1 is 1.59 bits per heavy atom. The summed E-state index contributed by atoms with van der Waals surface area (Å²) in [6, 6.07) is 1.26. The van der Waals surface area contributed by atoms with E-state index in [1.165, 1.54) is 0 Å². The van der Waals surface area contributed by atoms with Crippen LogP contribution >= 0.6 is 11.6 Å². The molecule has 1 rings (SSSR count). The summed E-state index contributed by atoms with van der Waals surface area (Å²) in [5.41, 5.74) is 0. The van der Waals surface area contributed by atoms with E-state index in [4.69, 9.17) is 11.6 Å². The average molecular weight is 257 g/mol. The van der Waals surface area contributed by atoms with Crippen LogP contribution in [0.1, 0.15) is 19.7 Å². The number of hydrogen-bond donors (Lipinski definition) is 1. The molecule has 0 aliphatic rings. The second-order valence-electron chi connectivity index (χ2n) is 3.84. The minimum Gasteiger partial charge on any atom is -0.358 e. The molecule has 1 aromatic rings. The SMILES string of the molecule is CCN(C)C(=O)C(C)Nc1cc(Cl)nc(C)n1. The third-order valence-electron chi connectivity index (χ3n) is 2.39. The monoisotopic (exact) mass is 256 g/mol. The highest BCUT2D eigenvalue weighted by Gasteiger charge is 2.16. The first kappa shape index (κ1) is 13.7. The van der Waals surface area contributed by atoms with Crippen molar-refractivity contribution in [3.05, 3.63) is 17.0 Å². The van der Waals surface area contributed by atoms with Crippen molar-refractivity contribution in [2.45, 2.75) is 26.8 Å². The minimum atomic E-state index is -0.342. The maximum absolute atomic E-state index is 11.8. The Morgan fingerprint density at radius 2 is 2.24 bits per heavy atom. The summed E-state index contributed by atoms with van der Waals surface area (Å²) >= 11 is 5.82. The molecule has 0 radical (unpaired) electrons. The number of anilines is 1. The smallest absolute Gasteiger partial charge is 0.244 e. The van der Waals surface area contributed by atoms with Gasteiger partial charge in [-0.15, -0.1) is 0 Å². The summed E-state index contributed by atoms with van der Waals surface area (Å²) < 4.78 is 0. The Kier molecular flexibility index (Phi) is 4.69. The summed E-state index contributed by atoms with van der Waals surface area (Å²) in [6.45, 7) is 6.15. The summed E-state index contributed by atoms with van der Waals surface area (Å²) in [5, 5.41) is 3.38. The van der Waals surface area contributed by atoms with Crippen molar-refractivity contribution in [2.24, 2.45) is 0 Å². The van der Waals surface area contributed by atoms with Gasteiger partial charge < -0.3 is 10.2 Å². The van der Waals surface area contributed by atoms with E-state index < -0.39 is 0 Å². The van der Waals surface area contributed by atoms with Gasteiger partial charge in [0, 0.05) is 19.7 Å². The molecule has 1 unspecified atom stereocenters. The van der Waals surface area contributed by atoms with Gasteiger partial charge in [-0.2, -0.15) is 0 Å². The van der Waals surface area contributed by atoms with Crippen LogP contribution in [0, 0.1) is 6.92 Å². The van der Waals surface area contributed by atoms with Gasteiger partial charge >= 0.3 is 0 Å². The number of likely N-dealkylation sites (N-methyl/N-ethyl adjacent to an activating group) is 1. The van der Waals surface area contributed by atoms with E-state index in [1.54, 1.807) is 31.9 Å². The second kappa shape index (κ2) is 5.82. The number of nitrogens with one attached hydrogen (secondary N) is 1. The average Bonchev–Trinajstić information content (AvgIpc) is 2.25. The Bertz CT molecular complexity index is 390. The maximum Gasteiger partial charge on any atom is 0.244 e. The number of carbonyl (C=O) groups is 1. The van der Waals surface area contributed by atoms with Crippen LogP contribution in [-0.4, -0.2) is 40.4 Å². The predicted octanol–water partition coefficient (Wildman–Crippen LogP) is 1.72. The largest absolute Gasteiger partial charge is 0.358 e. The van der Waals surface area contributed by atoms with E-state index in [-0.39, 0.29) is 11.9 Å². The third-order valence-corrected chi connectivity index (χ3v) is 2.59. The molecule has 1 amide bonds. The van der Waals surface area contributed by atoms with Crippen molar-refractivity contribution in [2.75, 3.05) is 18.9 Å². The summed E-state index contributed by atoms with van der Waals surface area (Å²) in [4.78, 5) is 21.6. The second-order valence-corrected chi connectivity index (χ2v) is 4.23. The molecule has 94 valence electrons.